The van der Waals surface area contributed by atoms with E-state index in [-0.39, 0.29) is 11.9 Å². The number of pyridine rings is 1. The molecule has 1 aliphatic rings. The maximum atomic E-state index is 13.1. The van der Waals surface area contributed by atoms with Gasteiger partial charge in [-0.2, -0.15) is 0 Å². The van der Waals surface area contributed by atoms with E-state index in [0.717, 1.165) is 48.0 Å². The summed E-state index contributed by atoms with van der Waals surface area (Å²) in [6.07, 6.45) is 3.23. The van der Waals surface area contributed by atoms with Crippen LogP contribution in [0.15, 0.2) is 24.3 Å². The van der Waals surface area contributed by atoms with Crippen molar-refractivity contribution < 1.29 is 14.3 Å². The second-order valence-electron chi connectivity index (χ2n) is 7.42. The summed E-state index contributed by atoms with van der Waals surface area (Å²) in [5, 5.41) is 0.991. The molecule has 1 fully saturated rings. The van der Waals surface area contributed by atoms with Gasteiger partial charge in [0.15, 0.2) is 0 Å². The van der Waals surface area contributed by atoms with Gasteiger partial charge in [0, 0.05) is 24.9 Å². The monoisotopic (exact) mass is 368 g/mol. The van der Waals surface area contributed by atoms with E-state index in [0.29, 0.717) is 31.1 Å². The summed E-state index contributed by atoms with van der Waals surface area (Å²) < 4.78 is 5.01. The van der Waals surface area contributed by atoms with Crippen LogP contribution in [0.4, 0.5) is 0 Å². The Bertz CT molecular complexity index is 847. The highest BCUT2D eigenvalue weighted by molar-refractivity contribution is 5.98. The minimum absolute atomic E-state index is 0.0447. The first-order valence-electron chi connectivity index (χ1n) is 9.81. The Morgan fingerprint density at radius 2 is 2.07 bits per heavy atom. The van der Waals surface area contributed by atoms with Gasteiger partial charge in [-0.25, -0.2) is 0 Å². The Morgan fingerprint density at radius 1 is 1.26 bits per heavy atom. The first kappa shape index (κ1) is 19.3. The van der Waals surface area contributed by atoms with E-state index >= 15 is 0 Å². The van der Waals surface area contributed by atoms with Crippen molar-refractivity contribution in [2.45, 2.75) is 46.5 Å². The van der Waals surface area contributed by atoms with Crippen molar-refractivity contribution in [3.05, 3.63) is 41.1 Å². The zero-order valence-corrected chi connectivity index (χ0v) is 16.5. The molecule has 0 bridgehead atoms. The lowest BCUT2D eigenvalue weighted by molar-refractivity contribution is -0.143. The summed E-state index contributed by atoms with van der Waals surface area (Å²) in [7, 11) is 0. The fraction of sp³-hybridized carbons (Fsp3) is 0.500. The van der Waals surface area contributed by atoms with Gasteiger partial charge >= 0.3 is 5.97 Å². The van der Waals surface area contributed by atoms with E-state index < -0.39 is 0 Å². The second kappa shape index (κ2) is 8.51. The Hall–Kier alpha value is -2.43. The molecule has 0 N–H and O–H groups in total. The van der Waals surface area contributed by atoms with Crippen molar-refractivity contribution in [3.8, 4) is 0 Å². The van der Waals surface area contributed by atoms with Crippen molar-refractivity contribution in [2.75, 3.05) is 19.7 Å². The van der Waals surface area contributed by atoms with E-state index in [9.17, 15) is 9.59 Å². The molecule has 2 aromatic rings. The van der Waals surface area contributed by atoms with Gasteiger partial charge in [0.1, 0.15) is 0 Å². The van der Waals surface area contributed by atoms with Crippen LogP contribution in [0.25, 0.3) is 10.9 Å². The van der Waals surface area contributed by atoms with Gasteiger partial charge in [-0.3, -0.25) is 14.6 Å². The summed E-state index contributed by atoms with van der Waals surface area (Å²) in [5.74, 6) is 0.248. The molecule has 0 saturated carbocycles. The Labute approximate surface area is 160 Å². The van der Waals surface area contributed by atoms with Crippen molar-refractivity contribution in [2.24, 2.45) is 5.92 Å². The van der Waals surface area contributed by atoms with Gasteiger partial charge in [-0.05, 0) is 63.6 Å². The van der Waals surface area contributed by atoms with Crippen LogP contribution >= 0.6 is 0 Å². The molecule has 3 rings (SSSR count). The molecule has 0 spiro atoms. The van der Waals surface area contributed by atoms with Crippen LogP contribution in [0.1, 0.15) is 54.2 Å². The molecule has 1 saturated heterocycles. The predicted molar refractivity (Wildman–Crippen MR) is 106 cm³/mol. The molecule has 1 aliphatic heterocycles. The number of aryl methyl sites for hydroxylation is 2. The van der Waals surface area contributed by atoms with E-state index in [1.165, 1.54) is 0 Å². The highest BCUT2D eigenvalue weighted by atomic mass is 16.5. The molecule has 1 atom stereocenters. The third kappa shape index (κ3) is 4.65. The van der Waals surface area contributed by atoms with Crippen LogP contribution < -0.4 is 0 Å². The normalized spacial score (nSPS) is 17.1. The number of likely N-dealkylation sites (tertiary alicyclic amines) is 1. The lowest BCUT2D eigenvalue weighted by Gasteiger charge is -2.33. The number of nitrogens with zero attached hydrogens (tertiary/aromatic N) is 2. The lowest BCUT2D eigenvalue weighted by Crippen LogP contribution is -2.40. The van der Waals surface area contributed by atoms with Crippen LogP contribution in [-0.2, 0) is 9.53 Å². The smallest absolute Gasteiger partial charge is 0.305 e. The zero-order chi connectivity index (χ0) is 19.4. The number of benzene rings is 1. The van der Waals surface area contributed by atoms with Crippen molar-refractivity contribution in [1.82, 2.24) is 9.88 Å². The largest absolute Gasteiger partial charge is 0.466 e. The third-order valence-corrected chi connectivity index (χ3v) is 5.26. The summed E-state index contributed by atoms with van der Waals surface area (Å²) >= 11 is 0. The molecule has 1 amide bonds. The maximum absolute atomic E-state index is 13.1. The SMILES string of the molecule is CCOC(=O)CC[C@H]1CCCN(C(=O)c2cc3ccc(C)cc3nc2C)C1. The number of piperidine rings is 1. The Balaban J connectivity index is 1.71. The molecule has 144 valence electrons. The molecule has 5 nitrogen and oxygen atoms in total. The van der Waals surface area contributed by atoms with Crippen LogP contribution in [-0.4, -0.2) is 41.5 Å². The van der Waals surface area contributed by atoms with Crippen molar-refractivity contribution in [3.63, 3.8) is 0 Å². The van der Waals surface area contributed by atoms with Gasteiger partial charge in [0.25, 0.3) is 5.91 Å². The standard InChI is InChI=1S/C22H28N2O3/c1-4-27-21(25)10-8-17-6-5-11-24(14-17)22(26)19-13-18-9-7-15(2)12-20(18)23-16(19)3/h7,9,12-13,17H,4-6,8,10-11,14H2,1-3H3/t17-/m1/s1. The van der Waals surface area contributed by atoms with Crippen molar-refractivity contribution >= 4 is 22.8 Å². The number of esters is 1. The van der Waals surface area contributed by atoms with Gasteiger partial charge in [0.2, 0.25) is 0 Å². The number of fused-ring (bicyclic) bond motifs is 1. The summed E-state index contributed by atoms with van der Waals surface area (Å²) in [6.45, 7) is 7.64. The topological polar surface area (TPSA) is 59.5 Å². The summed E-state index contributed by atoms with van der Waals surface area (Å²) in [5.41, 5.74) is 3.54. The summed E-state index contributed by atoms with van der Waals surface area (Å²) in [4.78, 5) is 31.3. The van der Waals surface area contributed by atoms with Gasteiger partial charge in [-0.1, -0.05) is 12.1 Å². The number of hydrogen-bond donors (Lipinski definition) is 0. The number of aromatic nitrogens is 1. The van der Waals surface area contributed by atoms with E-state index in [1.807, 2.05) is 49.9 Å². The fourth-order valence-corrected chi connectivity index (χ4v) is 3.80. The highest BCUT2D eigenvalue weighted by Gasteiger charge is 2.26. The second-order valence-corrected chi connectivity index (χ2v) is 7.42. The van der Waals surface area contributed by atoms with Crippen LogP contribution in [0, 0.1) is 19.8 Å². The molecule has 1 aromatic carbocycles. The molecule has 27 heavy (non-hydrogen) atoms. The minimum Gasteiger partial charge on any atom is -0.466 e. The van der Waals surface area contributed by atoms with Crippen LogP contribution in [0.2, 0.25) is 0 Å². The summed E-state index contributed by atoms with van der Waals surface area (Å²) in [6, 6.07) is 8.07. The third-order valence-electron chi connectivity index (χ3n) is 5.26. The number of carbonyl (C=O) groups excluding carboxylic acids is 2. The van der Waals surface area contributed by atoms with E-state index in [4.69, 9.17) is 4.74 Å². The first-order chi connectivity index (χ1) is 13.0. The molecular formula is C22H28N2O3. The quantitative estimate of drug-likeness (QED) is 0.747. The van der Waals surface area contributed by atoms with Crippen LogP contribution in [0.3, 0.4) is 0 Å². The minimum atomic E-state index is -0.147. The van der Waals surface area contributed by atoms with E-state index in [1.54, 1.807) is 0 Å². The number of ether oxygens (including phenoxy) is 1. The molecule has 2 heterocycles. The van der Waals surface area contributed by atoms with Crippen molar-refractivity contribution in [1.29, 1.82) is 0 Å². The average molecular weight is 368 g/mol. The number of amides is 1. The molecular weight excluding hydrogens is 340 g/mol. The van der Waals surface area contributed by atoms with Gasteiger partial charge < -0.3 is 9.64 Å². The zero-order valence-electron chi connectivity index (χ0n) is 16.5. The molecule has 0 aliphatic carbocycles. The molecule has 5 heteroatoms. The molecule has 0 radical (unpaired) electrons. The molecule has 1 aromatic heterocycles. The lowest BCUT2D eigenvalue weighted by atomic mass is 9.93. The number of rotatable bonds is 5. The predicted octanol–water partition coefficient (Wildman–Crippen LogP) is 4.05. The Morgan fingerprint density at radius 3 is 2.85 bits per heavy atom. The number of hydrogen-bond acceptors (Lipinski definition) is 4. The maximum Gasteiger partial charge on any atom is 0.305 e. The van der Waals surface area contributed by atoms with Gasteiger partial charge in [0.05, 0.1) is 23.4 Å². The Kier molecular flexibility index (Phi) is 6.09. The van der Waals surface area contributed by atoms with Gasteiger partial charge in [-0.15, -0.1) is 0 Å². The first-order valence-corrected chi connectivity index (χ1v) is 9.81. The highest BCUT2D eigenvalue weighted by Crippen LogP contribution is 2.25. The van der Waals surface area contributed by atoms with E-state index in [2.05, 4.69) is 4.98 Å². The average Bonchev–Trinajstić information content (AvgIpc) is 2.66. The molecule has 0 unspecified atom stereocenters. The van der Waals surface area contributed by atoms with Crippen LogP contribution in [0.5, 0.6) is 0 Å². The number of carbonyl (C=O) groups is 2. The fourth-order valence-electron chi connectivity index (χ4n) is 3.80.